The predicted molar refractivity (Wildman–Crippen MR) is 52.8 cm³/mol. The Hall–Kier alpha value is -1.56. The van der Waals surface area contributed by atoms with E-state index in [4.69, 9.17) is 5.73 Å². The Balaban J connectivity index is 2.86. The first-order chi connectivity index (χ1) is 7.45. The zero-order valence-electron chi connectivity index (χ0n) is 8.34. The molecule has 0 aliphatic carbocycles. The van der Waals surface area contributed by atoms with Gasteiger partial charge in [-0.2, -0.15) is 13.2 Å². The number of rotatable bonds is 3. The molecule has 16 heavy (non-hydrogen) atoms. The van der Waals surface area contributed by atoms with E-state index < -0.39 is 17.6 Å². The van der Waals surface area contributed by atoms with E-state index in [0.29, 0.717) is 0 Å². The summed E-state index contributed by atoms with van der Waals surface area (Å²) in [6, 6.07) is 4.24. The molecule has 3 nitrogen and oxygen atoms in total. The molecule has 0 unspecified atom stereocenters. The summed E-state index contributed by atoms with van der Waals surface area (Å²) < 4.78 is 37.0. The van der Waals surface area contributed by atoms with Crippen LogP contribution in [-0.4, -0.2) is 19.0 Å². The normalized spacial score (nSPS) is 11.2. The first-order valence-electron chi connectivity index (χ1n) is 4.60. The molecule has 0 bridgehead atoms. The van der Waals surface area contributed by atoms with E-state index in [-0.39, 0.29) is 18.7 Å². The van der Waals surface area contributed by atoms with Gasteiger partial charge in [0.15, 0.2) is 0 Å². The lowest BCUT2D eigenvalue weighted by molar-refractivity contribution is -0.137. The molecule has 0 heterocycles. The van der Waals surface area contributed by atoms with Crippen LogP contribution in [0.15, 0.2) is 24.3 Å². The third kappa shape index (κ3) is 3.23. The summed E-state index contributed by atoms with van der Waals surface area (Å²) >= 11 is 0. The maximum atomic E-state index is 12.3. The topological polar surface area (TPSA) is 55.1 Å². The molecule has 1 aromatic rings. The number of carbonyl (C=O) groups excluding carboxylic acids is 1. The maximum absolute atomic E-state index is 12.3. The maximum Gasteiger partial charge on any atom is 0.416 e. The Morgan fingerprint density at radius 1 is 1.38 bits per heavy atom. The van der Waals surface area contributed by atoms with Gasteiger partial charge in [-0.05, 0) is 18.2 Å². The third-order valence-corrected chi connectivity index (χ3v) is 1.88. The van der Waals surface area contributed by atoms with Crippen LogP contribution >= 0.6 is 0 Å². The number of hydrogen-bond donors (Lipinski definition) is 2. The molecule has 88 valence electrons. The molecule has 1 amide bonds. The highest BCUT2D eigenvalue weighted by Gasteiger charge is 2.30. The van der Waals surface area contributed by atoms with Crippen LogP contribution in [0.1, 0.15) is 15.9 Å². The lowest BCUT2D eigenvalue weighted by Gasteiger charge is -2.08. The number of hydrogen-bond acceptors (Lipinski definition) is 2. The van der Waals surface area contributed by atoms with E-state index in [0.717, 1.165) is 12.1 Å². The second-order valence-electron chi connectivity index (χ2n) is 3.12. The van der Waals surface area contributed by atoms with Crippen molar-refractivity contribution in [1.29, 1.82) is 0 Å². The van der Waals surface area contributed by atoms with Crippen molar-refractivity contribution in [3.8, 4) is 0 Å². The molecule has 0 spiro atoms. The number of carbonyl (C=O) groups is 1. The zero-order chi connectivity index (χ0) is 12.2. The molecule has 0 aromatic heterocycles. The molecule has 0 saturated carbocycles. The van der Waals surface area contributed by atoms with Crippen molar-refractivity contribution < 1.29 is 18.0 Å². The number of nitrogens with one attached hydrogen (secondary N) is 1. The van der Waals surface area contributed by atoms with Crippen LogP contribution in [0.25, 0.3) is 0 Å². The quantitative estimate of drug-likeness (QED) is 0.827. The number of halogens is 3. The van der Waals surface area contributed by atoms with Crippen LogP contribution in [0.2, 0.25) is 0 Å². The second kappa shape index (κ2) is 4.98. The first kappa shape index (κ1) is 12.5. The van der Waals surface area contributed by atoms with E-state index in [9.17, 15) is 18.0 Å². The summed E-state index contributed by atoms with van der Waals surface area (Å²) in [6.45, 7) is 0.472. The molecular weight excluding hydrogens is 221 g/mol. The second-order valence-corrected chi connectivity index (χ2v) is 3.12. The fraction of sp³-hybridized carbons (Fsp3) is 0.300. The average molecular weight is 232 g/mol. The van der Waals surface area contributed by atoms with Gasteiger partial charge in [-0.3, -0.25) is 4.79 Å². The predicted octanol–water partition coefficient (Wildman–Crippen LogP) is 1.39. The molecule has 6 heteroatoms. The summed E-state index contributed by atoms with van der Waals surface area (Å²) in [5, 5.41) is 2.40. The highest BCUT2D eigenvalue weighted by atomic mass is 19.4. The van der Waals surface area contributed by atoms with Crippen molar-refractivity contribution in [3.63, 3.8) is 0 Å². The lowest BCUT2D eigenvalue weighted by atomic mass is 10.1. The Kier molecular flexibility index (Phi) is 3.89. The van der Waals surface area contributed by atoms with E-state index in [1.165, 1.54) is 12.1 Å². The van der Waals surface area contributed by atoms with Gasteiger partial charge in [0.1, 0.15) is 0 Å². The number of alkyl halides is 3. The van der Waals surface area contributed by atoms with Gasteiger partial charge in [0.05, 0.1) is 5.56 Å². The molecule has 0 atom stereocenters. The highest BCUT2D eigenvalue weighted by Crippen LogP contribution is 2.29. The Morgan fingerprint density at radius 3 is 2.62 bits per heavy atom. The van der Waals surface area contributed by atoms with Crippen molar-refractivity contribution >= 4 is 5.91 Å². The minimum absolute atomic E-state index is 0.0247. The van der Waals surface area contributed by atoms with Crippen LogP contribution < -0.4 is 11.1 Å². The number of amides is 1. The zero-order valence-corrected chi connectivity index (χ0v) is 8.34. The lowest BCUT2D eigenvalue weighted by Crippen LogP contribution is -2.29. The minimum atomic E-state index is -4.44. The number of benzene rings is 1. The third-order valence-electron chi connectivity index (χ3n) is 1.88. The Bertz CT molecular complexity index is 377. The number of nitrogens with two attached hydrogens (primary N) is 1. The van der Waals surface area contributed by atoms with Crippen molar-refractivity contribution in [2.45, 2.75) is 6.18 Å². The van der Waals surface area contributed by atoms with E-state index in [2.05, 4.69) is 5.32 Å². The largest absolute Gasteiger partial charge is 0.416 e. The van der Waals surface area contributed by atoms with Crippen LogP contribution in [0.4, 0.5) is 13.2 Å². The molecule has 0 radical (unpaired) electrons. The Labute approximate surface area is 90.4 Å². The summed E-state index contributed by atoms with van der Waals surface area (Å²) in [6.07, 6.45) is -4.44. The van der Waals surface area contributed by atoms with Gasteiger partial charge < -0.3 is 11.1 Å². The van der Waals surface area contributed by atoms with Crippen molar-refractivity contribution in [1.82, 2.24) is 5.32 Å². The SMILES string of the molecule is NCCNC(=O)c1cccc(C(F)(F)F)c1. The molecule has 3 N–H and O–H groups in total. The summed E-state index contributed by atoms with van der Waals surface area (Å²) in [5.74, 6) is -0.559. The van der Waals surface area contributed by atoms with Gasteiger partial charge in [0.2, 0.25) is 0 Å². The van der Waals surface area contributed by atoms with Crippen LogP contribution in [-0.2, 0) is 6.18 Å². The van der Waals surface area contributed by atoms with Crippen molar-refractivity contribution in [3.05, 3.63) is 35.4 Å². The molecule has 0 saturated heterocycles. The van der Waals surface area contributed by atoms with Crippen molar-refractivity contribution in [2.24, 2.45) is 5.73 Å². The van der Waals surface area contributed by atoms with Crippen LogP contribution in [0.5, 0.6) is 0 Å². The Morgan fingerprint density at radius 2 is 2.06 bits per heavy atom. The minimum Gasteiger partial charge on any atom is -0.351 e. The molecular formula is C10H11F3N2O. The van der Waals surface area contributed by atoms with Gasteiger partial charge >= 0.3 is 6.18 Å². The van der Waals surface area contributed by atoms with Gasteiger partial charge in [-0.15, -0.1) is 0 Å². The fourth-order valence-corrected chi connectivity index (χ4v) is 1.12. The molecule has 0 aliphatic heterocycles. The first-order valence-corrected chi connectivity index (χ1v) is 4.60. The molecule has 1 aromatic carbocycles. The van der Waals surface area contributed by atoms with E-state index >= 15 is 0 Å². The van der Waals surface area contributed by atoms with Crippen molar-refractivity contribution in [2.75, 3.05) is 13.1 Å². The average Bonchev–Trinajstić information content (AvgIpc) is 2.25. The van der Waals surface area contributed by atoms with Crippen LogP contribution in [0.3, 0.4) is 0 Å². The van der Waals surface area contributed by atoms with Gasteiger partial charge in [0, 0.05) is 18.7 Å². The monoisotopic (exact) mass is 232 g/mol. The van der Waals surface area contributed by atoms with E-state index in [1.54, 1.807) is 0 Å². The smallest absolute Gasteiger partial charge is 0.351 e. The van der Waals surface area contributed by atoms with Crippen LogP contribution in [0, 0.1) is 0 Å². The van der Waals surface area contributed by atoms with Gasteiger partial charge in [-0.25, -0.2) is 0 Å². The van der Waals surface area contributed by atoms with Gasteiger partial charge in [0.25, 0.3) is 5.91 Å². The van der Waals surface area contributed by atoms with Gasteiger partial charge in [-0.1, -0.05) is 6.07 Å². The highest BCUT2D eigenvalue weighted by molar-refractivity contribution is 5.94. The molecule has 0 fully saturated rings. The fourth-order valence-electron chi connectivity index (χ4n) is 1.12. The summed E-state index contributed by atoms with van der Waals surface area (Å²) in [4.78, 5) is 11.3. The standard InChI is InChI=1S/C10H11F3N2O/c11-10(12,13)8-3-1-2-7(6-8)9(16)15-5-4-14/h1-3,6H,4-5,14H2,(H,15,16). The molecule has 1 rings (SSSR count). The summed E-state index contributed by atoms with van der Waals surface area (Å²) in [7, 11) is 0. The summed E-state index contributed by atoms with van der Waals surface area (Å²) in [5.41, 5.74) is 4.29. The molecule has 0 aliphatic rings. The van der Waals surface area contributed by atoms with E-state index in [1.807, 2.05) is 0 Å².